The number of carbonyl (C=O) groups is 1. The lowest BCUT2D eigenvalue weighted by atomic mass is 9.94. The molecule has 1 atom stereocenters. The second-order valence-electron chi connectivity index (χ2n) is 5.96. The Morgan fingerprint density at radius 3 is 2.79 bits per heavy atom. The number of hydrogen-bond donors (Lipinski definition) is 2. The molecule has 1 aliphatic rings. The van der Waals surface area contributed by atoms with E-state index in [0.717, 1.165) is 15.3 Å². The highest BCUT2D eigenvalue weighted by Crippen LogP contribution is 2.43. The summed E-state index contributed by atoms with van der Waals surface area (Å²) in [5.41, 5.74) is 13.4. The van der Waals surface area contributed by atoms with Gasteiger partial charge in [0.05, 0.1) is 28.6 Å². The fourth-order valence-corrected chi connectivity index (χ4v) is 3.84. The molecule has 4 N–H and O–H groups in total. The average molecular weight is 339 g/mol. The summed E-state index contributed by atoms with van der Waals surface area (Å²) in [5, 5.41) is 9.06. The summed E-state index contributed by atoms with van der Waals surface area (Å²) < 4.78 is 0. The smallest absolute Gasteiger partial charge is 0.231 e. The van der Waals surface area contributed by atoms with Gasteiger partial charge in [-0.15, -0.1) is 11.3 Å². The molecule has 0 saturated heterocycles. The molecule has 0 radical (unpaired) electrons. The van der Waals surface area contributed by atoms with Gasteiger partial charge in [0, 0.05) is 11.9 Å². The molecule has 2 aromatic rings. The molecule has 7 heteroatoms. The third-order valence-corrected chi connectivity index (χ3v) is 5.57. The molecule has 1 amide bonds. The first-order chi connectivity index (χ1) is 11.3. The van der Waals surface area contributed by atoms with E-state index in [2.05, 4.69) is 11.1 Å². The third kappa shape index (κ3) is 2.61. The van der Waals surface area contributed by atoms with E-state index in [1.54, 1.807) is 19.2 Å². The number of rotatable bonds is 2. The minimum absolute atomic E-state index is 0.0787. The maximum atomic E-state index is 12.1. The Hall–Kier alpha value is -2.85. The predicted octanol–water partition coefficient (Wildman–Crippen LogP) is 2.26. The molecule has 0 spiro atoms. The number of hydrogen-bond acceptors (Lipinski definition) is 6. The van der Waals surface area contributed by atoms with Gasteiger partial charge in [-0.25, -0.2) is 4.99 Å². The van der Waals surface area contributed by atoms with Crippen molar-refractivity contribution < 1.29 is 4.79 Å². The molecule has 6 nitrogen and oxygen atoms in total. The van der Waals surface area contributed by atoms with Gasteiger partial charge >= 0.3 is 0 Å². The van der Waals surface area contributed by atoms with Crippen molar-refractivity contribution in [3.8, 4) is 16.5 Å². The maximum absolute atomic E-state index is 12.1. The van der Waals surface area contributed by atoms with E-state index in [0.29, 0.717) is 11.3 Å². The zero-order valence-corrected chi connectivity index (χ0v) is 14.2. The van der Waals surface area contributed by atoms with Crippen LogP contribution < -0.4 is 11.5 Å². The van der Waals surface area contributed by atoms with E-state index in [4.69, 9.17) is 16.7 Å². The molecule has 0 saturated carbocycles. The fraction of sp³-hybridized carbons (Fsp3) is 0.235. The van der Waals surface area contributed by atoms with Crippen molar-refractivity contribution in [2.75, 3.05) is 12.8 Å². The third-order valence-electron chi connectivity index (χ3n) is 4.12. The molecule has 1 aromatic heterocycles. The van der Waals surface area contributed by atoms with Crippen LogP contribution in [0.5, 0.6) is 0 Å². The van der Waals surface area contributed by atoms with Crippen molar-refractivity contribution in [2.24, 2.45) is 10.7 Å². The lowest BCUT2D eigenvalue weighted by Crippen LogP contribution is -2.47. The highest BCUT2D eigenvalue weighted by atomic mass is 32.1. The molecule has 1 aliphatic heterocycles. The molecule has 0 unspecified atom stereocenters. The fourth-order valence-electron chi connectivity index (χ4n) is 2.68. The van der Waals surface area contributed by atoms with E-state index >= 15 is 0 Å². The first-order valence-corrected chi connectivity index (χ1v) is 8.18. The van der Waals surface area contributed by atoms with Gasteiger partial charge in [0.25, 0.3) is 0 Å². The Labute approximate surface area is 144 Å². The van der Waals surface area contributed by atoms with Gasteiger partial charge in [-0.3, -0.25) is 9.69 Å². The molecule has 2 heterocycles. The summed E-state index contributed by atoms with van der Waals surface area (Å²) >= 11 is 1.47. The first-order valence-electron chi connectivity index (χ1n) is 7.36. The molecule has 0 fully saturated rings. The van der Waals surface area contributed by atoms with Gasteiger partial charge in [-0.05, 0) is 30.7 Å². The van der Waals surface area contributed by atoms with Gasteiger partial charge in [-0.1, -0.05) is 12.1 Å². The zero-order chi connectivity index (χ0) is 17.5. The number of amides is 1. The molecule has 3 rings (SSSR count). The Morgan fingerprint density at radius 2 is 2.12 bits per heavy atom. The van der Waals surface area contributed by atoms with Crippen LogP contribution in [0.25, 0.3) is 10.4 Å². The van der Waals surface area contributed by atoms with Crippen LogP contribution in [0.2, 0.25) is 0 Å². The first kappa shape index (κ1) is 16.0. The monoisotopic (exact) mass is 339 g/mol. The number of aliphatic imine (C=N–C) groups is 1. The van der Waals surface area contributed by atoms with Crippen molar-refractivity contribution in [2.45, 2.75) is 18.9 Å². The van der Waals surface area contributed by atoms with E-state index < -0.39 is 5.54 Å². The summed E-state index contributed by atoms with van der Waals surface area (Å²) in [6, 6.07) is 11.2. The van der Waals surface area contributed by atoms with Crippen LogP contribution >= 0.6 is 11.3 Å². The second-order valence-corrected chi connectivity index (χ2v) is 7.01. The van der Waals surface area contributed by atoms with E-state index in [1.165, 1.54) is 16.2 Å². The van der Waals surface area contributed by atoms with Crippen LogP contribution in [0.1, 0.15) is 23.8 Å². The maximum Gasteiger partial charge on any atom is 0.231 e. The van der Waals surface area contributed by atoms with E-state index in [-0.39, 0.29) is 18.3 Å². The normalized spacial score (nSPS) is 20.6. The van der Waals surface area contributed by atoms with Gasteiger partial charge in [-0.2, -0.15) is 5.26 Å². The second kappa shape index (κ2) is 5.65. The average Bonchev–Trinajstić information content (AvgIpc) is 2.95. The molecule has 0 aliphatic carbocycles. The largest absolute Gasteiger partial charge is 0.398 e. The van der Waals surface area contributed by atoms with Gasteiger partial charge in [0.1, 0.15) is 5.54 Å². The van der Waals surface area contributed by atoms with Gasteiger partial charge in [0.2, 0.25) is 5.91 Å². The Bertz CT molecular complexity index is 895. The SMILES string of the molecule is CN1C(=O)C[C@@](C)(c2cc(N)c(-c3cccc(C#N)c3)s2)N=C1N. The molecular weight excluding hydrogens is 322 g/mol. The highest BCUT2D eigenvalue weighted by Gasteiger charge is 2.37. The van der Waals surface area contributed by atoms with Crippen LogP contribution in [-0.2, 0) is 10.3 Å². The lowest BCUT2D eigenvalue weighted by Gasteiger charge is -2.32. The van der Waals surface area contributed by atoms with Crippen LogP contribution in [0.15, 0.2) is 35.3 Å². The Kier molecular flexibility index (Phi) is 3.78. The zero-order valence-electron chi connectivity index (χ0n) is 13.4. The number of nitriles is 1. The minimum Gasteiger partial charge on any atom is -0.398 e. The number of benzene rings is 1. The molecule has 1 aromatic carbocycles. The van der Waals surface area contributed by atoms with Crippen molar-refractivity contribution in [3.63, 3.8) is 0 Å². The van der Waals surface area contributed by atoms with Crippen LogP contribution in [0.3, 0.4) is 0 Å². The molecule has 122 valence electrons. The number of nitrogens with zero attached hydrogens (tertiary/aromatic N) is 3. The number of guanidine groups is 1. The molecule has 0 bridgehead atoms. The number of anilines is 1. The number of nitrogen functional groups attached to an aromatic ring is 1. The summed E-state index contributed by atoms with van der Waals surface area (Å²) in [7, 11) is 1.61. The standard InChI is InChI=1S/C17H17N5OS/c1-17(8-14(23)22(2)16(20)21-17)13-7-12(19)15(24-13)11-5-3-4-10(6-11)9-18/h3-7H,8,19H2,1-2H3,(H2,20,21)/t17-/m0/s1. The molecular formula is C17H17N5OS. The van der Waals surface area contributed by atoms with Gasteiger partial charge < -0.3 is 11.5 Å². The summed E-state index contributed by atoms with van der Waals surface area (Å²) in [5.74, 6) is 0.124. The summed E-state index contributed by atoms with van der Waals surface area (Å²) in [6.07, 6.45) is 0.238. The van der Waals surface area contributed by atoms with Crippen LogP contribution in [0.4, 0.5) is 5.69 Å². The van der Waals surface area contributed by atoms with Crippen molar-refractivity contribution in [3.05, 3.63) is 40.8 Å². The highest BCUT2D eigenvalue weighted by molar-refractivity contribution is 7.16. The number of nitrogens with two attached hydrogens (primary N) is 2. The number of thiophene rings is 1. The van der Waals surface area contributed by atoms with E-state index in [9.17, 15) is 4.79 Å². The number of carbonyl (C=O) groups excluding carboxylic acids is 1. The van der Waals surface area contributed by atoms with Gasteiger partial charge in [0.15, 0.2) is 5.96 Å². The van der Waals surface area contributed by atoms with E-state index in [1.807, 2.05) is 25.1 Å². The van der Waals surface area contributed by atoms with Crippen LogP contribution in [0, 0.1) is 11.3 Å². The Balaban J connectivity index is 2.06. The van der Waals surface area contributed by atoms with Crippen molar-refractivity contribution >= 4 is 28.9 Å². The topological polar surface area (TPSA) is 108 Å². The molecule has 24 heavy (non-hydrogen) atoms. The Morgan fingerprint density at radius 1 is 1.38 bits per heavy atom. The lowest BCUT2D eigenvalue weighted by molar-refractivity contribution is -0.128. The summed E-state index contributed by atoms with van der Waals surface area (Å²) in [6.45, 7) is 1.88. The van der Waals surface area contributed by atoms with Crippen molar-refractivity contribution in [1.29, 1.82) is 5.26 Å². The minimum atomic E-state index is -0.725. The predicted molar refractivity (Wildman–Crippen MR) is 95.2 cm³/mol. The van der Waals surface area contributed by atoms with Crippen LogP contribution in [-0.4, -0.2) is 23.8 Å². The van der Waals surface area contributed by atoms with Crippen molar-refractivity contribution in [1.82, 2.24) is 4.90 Å². The quantitative estimate of drug-likeness (QED) is 0.874. The summed E-state index contributed by atoms with van der Waals surface area (Å²) in [4.78, 5) is 19.7.